The molecule has 1 aliphatic heterocycles. The van der Waals surface area contributed by atoms with Gasteiger partial charge < -0.3 is 10.2 Å². The Hall–Kier alpha value is -0.920. The zero-order chi connectivity index (χ0) is 15.2. The summed E-state index contributed by atoms with van der Waals surface area (Å²) in [7, 11) is 1.74. The summed E-state index contributed by atoms with van der Waals surface area (Å²) in [6, 6.07) is 3.97. The summed E-state index contributed by atoms with van der Waals surface area (Å²) in [6.07, 6.45) is 2.71. The van der Waals surface area contributed by atoms with Crippen LogP contribution in [0.2, 0.25) is 0 Å². The van der Waals surface area contributed by atoms with Crippen LogP contribution in [0.25, 0.3) is 0 Å². The fraction of sp³-hybridized carbons (Fsp3) is 0.562. The molecule has 22 heavy (non-hydrogen) atoms. The predicted octanol–water partition coefficient (Wildman–Crippen LogP) is 3.43. The first kappa shape index (κ1) is 19.1. The molecular formula is C16H24F2IN3. The van der Waals surface area contributed by atoms with Crippen molar-refractivity contribution in [2.75, 3.05) is 26.7 Å². The van der Waals surface area contributed by atoms with Crippen molar-refractivity contribution in [2.24, 2.45) is 10.9 Å². The van der Waals surface area contributed by atoms with Crippen LogP contribution < -0.4 is 5.32 Å². The number of aliphatic imine (C=N–C) groups is 1. The third kappa shape index (κ3) is 5.07. The third-order valence-corrected chi connectivity index (χ3v) is 3.89. The van der Waals surface area contributed by atoms with Crippen molar-refractivity contribution in [1.29, 1.82) is 0 Å². The predicted molar refractivity (Wildman–Crippen MR) is 96.8 cm³/mol. The number of piperidine rings is 1. The van der Waals surface area contributed by atoms with Crippen molar-refractivity contribution in [1.82, 2.24) is 10.2 Å². The van der Waals surface area contributed by atoms with Crippen molar-refractivity contribution in [3.8, 4) is 0 Å². The lowest BCUT2D eigenvalue weighted by atomic mass is 10.0. The highest BCUT2D eigenvalue weighted by Crippen LogP contribution is 2.15. The van der Waals surface area contributed by atoms with Gasteiger partial charge in [-0.05, 0) is 37.3 Å². The Labute approximate surface area is 148 Å². The molecule has 1 aliphatic rings. The van der Waals surface area contributed by atoms with Crippen molar-refractivity contribution in [3.05, 3.63) is 35.4 Å². The van der Waals surface area contributed by atoms with E-state index in [9.17, 15) is 8.78 Å². The van der Waals surface area contributed by atoms with Gasteiger partial charge in [0, 0.05) is 32.2 Å². The van der Waals surface area contributed by atoms with E-state index >= 15 is 0 Å². The Balaban J connectivity index is 0.00000242. The number of benzene rings is 1. The van der Waals surface area contributed by atoms with Gasteiger partial charge >= 0.3 is 0 Å². The number of halogens is 3. The molecule has 0 spiro atoms. The lowest BCUT2D eigenvalue weighted by Crippen LogP contribution is -2.46. The van der Waals surface area contributed by atoms with Gasteiger partial charge in [-0.15, -0.1) is 24.0 Å². The molecule has 1 aromatic rings. The molecule has 6 heteroatoms. The second-order valence-corrected chi connectivity index (χ2v) is 5.62. The molecule has 3 nitrogen and oxygen atoms in total. The molecule has 0 aromatic heterocycles. The first-order valence-corrected chi connectivity index (χ1v) is 7.50. The monoisotopic (exact) mass is 423 g/mol. The molecule has 1 N–H and O–H groups in total. The van der Waals surface area contributed by atoms with Gasteiger partial charge in [0.05, 0.1) is 0 Å². The van der Waals surface area contributed by atoms with Crippen LogP contribution in [-0.4, -0.2) is 37.5 Å². The molecule has 1 fully saturated rings. The van der Waals surface area contributed by atoms with Gasteiger partial charge in [0.25, 0.3) is 0 Å². The molecule has 1 saturated heterocycles. The highest BCUT2D eigenvalue weighted by Gasteiger charge is 2.19. The number of likely N-dealkylation sites (tertiary alicyclic amines) is 1. The van der Waals surface area contributed by atoms with E-state index in [1.54, 1.807) is 7.05 Å². The fourth-order valence-electron chi connectivity index (χ4n) is 2.78. The Morgan fingerprint density at radius 2 is 2.05 bits per heavy atom. The van der Waals surface area contributed by atoms with Crippen molar-refractivity contribution < 1.29 is 8.78 Å². The van der Waals surface area contributed by atoms with Crippen molar-refractivity contribution >= 4 is 29.9 Å². The van der Waals surface area contributed by atoms with Crippen LogP contribution in [0, 0.1) is 17.6 Å². The molecule has 0 saturated carbocycles. The Bertz CT molecular complexity index is 488. The number of guanidine groups is 1. The highest BCUT2D eigenvalue weighted by molar-refractivity contribution is 14.0. The van der Waals surface area contributed by atoms with Crippen LogP contribution in [0.3, 0.4) is 0 Å². The molecule has 1 aromatic carbocycles. The summed E-state index contributed by atoms with van der Waals surface area (Å²) < 4.78 is 27.1. The van der Waals surface area contributed by atoms with Crippen LogP contribution in [0.4, 0.5) is 8.78 Å². The average molecular weight is 423 g/mol. The zero-order valence-corrected chi connectivity index (χ0v) is 15.4. The SMILES string of the molecule is CN=C(NCCc1c(F)cccc1F)N1CCCC(C)C1.I. The summed E-state index contributed by atoms with van der Waals surface area (Å²) in [5, 5.41) is 3.21. The summed E-state index contributed by atoms with van der Waals surface area (Å²) >= 11 is 0. The summed E-state index contributed by atoms with van der Waals surface area (Å²) in [5.74, 6) is 0.497. The molecule has 0 aliphatic carbocycles. The van der Waals surface area contributed by atoms with Gasteiger partial charge in [0.1, 0.15) is 11.6 Å². The molecule has 1 atom stereocenters. The van der Waals surface area contributed by atoms with E-state index < -0.39 is 11.6 Å². The number of nitrogens with zero attached hydrogens (tertiary/aromatic N) is 2. The third-order valence-electron chi connectivity index (χ3n) is 3.89. The van der Waals surface area contributed by atoms with Gasteiger partial charge in [0.2, 0.25) is 0 Å². The number of hydrogen-bond acceptors (Lipinski definition) is 1. The molecule has 1 unspecified atom stereocenters. The van der Waals surface area contributed by atoms with E-state index in [0.717, 1.165) is 25.5 Å². The first-order valence-electron chi connectivity index (χ1n) is 7.50. The Kier molecular flexibility index (Phi) is 8.06. The summed E-state index contributed by atoms with van der Waals surface area (Å²) in [4.78, 5) is 6.48. The van der Waals surface area contributed by atoms with E-state index in [4.69, 9.17) is 0 Å². The van der Waals surface area contributed by atoms with Crippen LogP contribution in [0.5, 0.6) is 0 Å². The Morgan fingerprint density at radius 1 is 1.36 bits per heavy atom. The van der Waals surface area contributed by atoms with Crippen LogP contribution in [0.1, 0.15) is 25.3 Å². The van der Waals surface area contributed by atoms with Gasteiger partial charge in [-0.3, -0.25) is 4.99 Å². The van der Waals surface area contributed by atoms with Crippen molar-refractivity contribution in [2.45, 2.75) is 26.2 Å². The first-order chi connectivity index (χ1) is 10.1. The van der Waals surface area contributed by atoms with E-state index in [-0.39, 0.29) is 29.5 Å². The topological polar surface area (TPSA) is 27.6 Å². The standard InChI is InChI=1S/C16H23F2N3.HI/c1-12-5-4-10-21(11-12)16(19-2)20-9-8-13-14(17)6-3-7-15(13)18;/h3,6-7,12H,4-5,8-11H2,1-2H3,(H,19,20);1H. The maximum Gasteiger partial charge on any atom is 0.193 e. The van der Waals surface area contributed by atoms with Gasteiger partial charge in [0.15, 0.2) is 5.96 Å². The fourth-order valence-corrected chi connectivity index (χ4v) is 2.78. The minimum absolute atomic E-state index is 0. The van der Waals surface area contributed by atoms with Gasteiger partial charge in [-0.25, -0.2) is 8.78 Å². The van der Waals surface area contributed by atoms with Gasteiger partial charge in [-0.1, -0.05) is 13.0 Å². The number of hydrogen-bond donors (Lipinski definition) is 1. The second-order valence-electron chi connectivity index (χ2n) is 5.62. The largest absolute Gasteiger partial charge is 0.356 e. The van der Waals surface area contributed by atoms with E-state index in [1.807, 2.05) is 0 Å². The zero-order valence-electron chi connectivity index (χ0n) is 13.1. The molecule has 124 valence electrons. The quantitative estimate of drug-likeness (QED) is 0.459. The maximum absolute atomic E-state index is 13.6. The highest BCUT2D eigenvalue weighted by atomic mass is 127. The molecule has 0 amide bonds. The van der Waals surface area contributed by atoms with E-state index in [1.165, 1.54) is 24.6 Å². The minimum Gasteiger partial charge on any atom is -0.356 e. The van der Waals surface area contributed by atoms with Crippen molar-refractivity contribution in [3.63, 3.8) is 0 Å². The van der Waals surface area contributed by atoms with Crippen LogP contribution >= 0.6 is 24.0 Å². The lowest BCUT2D eigenvalue weighted by molar-refractivity contribution is 0.266. The molecule has 0 radical (unpaired) electrons. The maximum atomic E-state index is 13.6. The second kappa shape index (κ2) is 9.27. The summed E-state index contributed by atoms with van der Waals surface area (Å²) in [5.41, 5.74) is 0.132. The molecule has 1 heterocycles. The van der Waals surface area contributed by atoms with Gasteiger partial charge in [-0.2, -0.15) is 0 Å². The molecule has 2 rings (SSSR count). The smallest absolute Gasteiger partial charge is 0.193 e. The van der Waals surface area contributed by atoms with E-state index in [0.29, 0.717) is 18.9 Å². The normalized spacial score (nSPS) is 18.8. The summed E-state index contributed by atoms with van der Waals surface area (Å²) in [6.45, 7) is 4.66. The number of nitrogens with one attached hydrogen (secondary N) is 1. The molecule has 0 bridgehead atoms. The van der Waals surface area contributed by atoms with Crippen LogP contribution in [-0.2, 0) is 6.42 Å². The van der Waals surface area contributed by atoms with Crippen LogP contribution in [0.15, 0.2) is 23.2 Å². The molecular weight excluding hydrogens is 399 g/mol. The average Bonchev–Trinajstić information content (AvgIpc) is 2.46. The van der Waals surface area contributed by atoms with E-state index in [2.05, 4.69) is 22.1 Å². The Morgan fingerprint density at radius 3 is 2.64 bits per heavy atom. The number of rotatable bonds is 3. The minimum atomic E-state index is -0.488. The lowest BCUT2D eigenvalue weighted by Gasteiger charge is -2.33.